The van der Waals surface area contributed by atoms with Gasteiger partial charge in [0.1, 0.15) is 22.9 Å². The highest BCUT2D eigenvalue weighted by Gasteiger charge is 2.19. The molecule has 1 aliphatic rings. The van der Waals surface area contributed by atoms with Crippen molar-refractivity contribution in [3.63, 3.8) is 0 Å². The Kier molecular flexibility index (Phi) is 9.36. The zero-order valence-electron chi connectivity index (χ0n) is 26.6. The number of aryl methyl sites for hydroxylation is 1. The minimum absolute atomic E-state index is 0.0382. The van der Waals surface area contributed by atoms with E-state index in [1.807, 2.05) is 55.5 Å². The Hall–Kier alpha value is -5.01. The molecule has 1 aliphatic heterocycles. The molecule has 0 radical (unpaired) electrons. The number of carbonyl (C=O) groups excluding carboxylic acids is 1. The van der Waals surface area contributed by atoms with Crippen molar-refractivity contribution >= 4 is 34.4 Å². The molecule has 5 aromatic rings. The van der Waals surface area contributed by atoms with Crippen molar-refractivity contribution in [3.05, 3.63) is 89.5 Å². The number of imidazole rings is 1. The van der Waals surface area contributed by atoms with Crippen molar-refractivity contribution in [2.75, 3.05) is 23.9 Å². The second-order valence-electron chi connectivity index (χ2n) is 11.8. The van der Waals surface area contributed by atoms with Gasteiger partial charge in [-0.05, 0) is 75.6 Å². The summed E-state index contributed by atoms with van der Waals surface area (Å²) in [5.41, 5.74) is 5.84. The van der Waals surface area contributed by atoms with E-state index in [-0.39, 0.29) is 34.7 Å². The normalized spacial score (nSPS) is 14.8. The van der Waals surface area contributed by atoms with Crippen LogP contribution in [0.15, 0.2) is 60.9 Å². The average molecular weight is 643 g/mol. The summed E-state index contributed by atoms with van der Waals surface area (Å²) in [4.78, 5) is 37.1. The average Bonchev–Trinajstić information content (AvgIpc) is 3.42. The fourth-order valence-electron chi connectivity index (χ4n) is 5.60. The number of rotatable bonds is 10. The van der Waals surface area contributed by atoms with E-state index in [2.05, 4.69) is 30.7 Å². The Morgan fingerprint density at radius 1 is 1.06 bits per heavy atom. The van der Waals surface area contributed by atoms with Crippen LogP contribution >= 0.6 is 0 Å². The molecule has 1 amide bonds. The zero-order chi connectivity index (χ0) is 33.1. The van der Waals surface area contributed by atoms with E-state index in [4.69, 9.17) is 9.57 Å². The first kappa shape index (κ1) is 32.0. The fourth-order valence-corrected chi connectivity index (χ4v) is 5.60. The number of benzene rings is 2. The molecule has 2 N–H and O–H groups in total. The second kappa shape index (κ2) is 13.8. The molecular weight excluding hydrogens is 606 g/mol. The lowest BCUT2D eigenvalue weighted by atomic mass is 10.1. The van der Waals surface area contributed by atoms with Gasteiger partial charge in [-0.2, -0.15) is 0 Å². The van der Waals surface area contributed by atoms with Gasteiger partial charge < -0.3 is 19.5 Å². The first-order valence-electron chi connectivity index (χ1n) is 15.5. The maximum atomic E-state index is 15.1. The summed E-state index contributed by atoms with van der Waals surface area (Å²) < 4.78 is 37.4. The quantitative estimate of drug-likeness (QED) is 0.162. The van der Waals surface area contributed by atoms with Crippen molar-refractivity contribution in [1.29, 1.82) is 0 Å². The predicted octanol–water partition coefficient (Wildman–Crippen LogP) is 6.62. The monoisotopic (exact) mass is 642 g/mol. The number of carbonyl (C=O) groups is 1. The Balaban J connectivity index is 1.09. The highest BCUT2D eigenvalue weighted by molar-refractivity contribution is 5.93. The van der Waals surface area contributed by atoms with Crippen LogP contribution in [0.3, 0.4) is 0 Å². The third kappa shape index (κ3) is 7.21. The molecule has 11 nitrogen and oxygen atoms in total. The maximum Gasteiger partial charge on any atom is 0.274 e. The second-order valence-corrected chi connectivity index (χ2v) is 11.8. The number of halogens is 2. The Bertz CT molecular complexity index is 1870. The molecule has 4 heterocycles. The van der Waals surface area contributed by atoms with Gasteiger partial charge in [0, 0.05) is 43.8 Å². The highest BCUT2D eigenvalue weighted by atomic mass is 19.1. The number of nitrogens with zero attached hydrogens (tertiary/aromatic N) is 6. The van der Waals surface area contributed by atoms with Gasteiger partial charge in [0.05, 0.1) is 23.6 Å². The van der Waals surface area contributed by atoms with Crippen molar-refractivity contribution < 1.29 is 23.1 Å². The lowest BCUT2D eigenvalue weighted by Crippen LogP contribution is -2.33. The molecule has 0 spiro atoms. The summed E-state index contributed by atoms with van der Waals surface area (Å²) >= 11 is 0. The van der Waals surface area contributed by atoms with Crippen LogP contribution in [0.2, 0.25) is 0 Å². The number of pyridine rings is 1. The smallest absolute Gasteiger partial charge is 0.274 e. The van der Waals surface area contributed by atoms with Gasteiger partial charge in [-0.3, -0.25) is 4.79 Å². The van der Waals surface area contributed by atoms with Crippen LogP contribution < -0.4 is 15.7 Å². The fraction of sp³-hybridized carbons (Fsp3) is 0.324. The largest absolute Gasteiger partial charge is 0.369 e. The molecule has 13 heteroatoms. The molecule has 1 unspecified atom stereocenters. The van der Waals surface area contributed by atoms with Crippen LogP contribution in [-0.4, -0.2) is 50.4 Å². The van der Waals surface area contributed by atoms with Crippen molar-refractivity contribution in [1.82, 2.24) is 30.0 Å². The molecule has 1 saturated heterocycles. The molecular formula is C34H36F2N8O3. The van der Waals surface area contributed by atoms with E-state index in [1.54, 1.807) is 30.5 Å². The number of amides is 1. The van der Waals surface area contributed by atoms with Crippen LogP contribution in [0.1, 0.15) is 60.9 Å². The minimum Gasteiger partial charge on any atom is -0.369 e. The van der Waals surface area contributed by atoms with E-state index in [0.29, 0.717) is 35.9 Å². The number of hydroxylamine groups is 1. The number of fused-ring (bicyclic) bond motifs is 1. The summed E-state index contributed by atoms with van der Waals surface area (Å²) in [6.07, 6.45) is 5.10. The topological polar surface area (TPSA) is 119 Å². The van der Waals surface area contributed by atoms with E-state index < -0.39 is 17.9 Å². The zero-order valence-corrected chi connectivity index (χ0v) is 26.6. The van der Waals surface area contributed by atoms with Gasteiger partial charge >= 0.3 is 0 Å². The summed E-state index contributed by atoms with van der Waals surface area (Å²) in [6, 6.07) is 13.9. The van der Waals surface area contributed by atoms with E-state index in [0.717, 1.165) is 36.7 Å². The Labute approximate surface area is 270 Å². The lowest BCUT2D eigenvalue weighted by molar-refractivity contribution is -0.186. The summed E-state index contributed by atoms with van der Waals surface area (Å²) in [7, 11) is 1.93. The number of ether oxygens (including phenoxy) is 1. The predicted molar refractivity (Wildman–Crippen MR) is 174 cm³/mol. The molecule has 1 atom stereocenters. The van der Waals surface area contributed by atoms with Crippen LogP contribution in [0.4, 0.5) is 26.2 Å². The number of anilines is 3. The standard InChI is InChI=1S/C34H36F2N8O3/c1-20(2)44-21(3)39-32-26(35)15-24(16-28(32)44)31-27(36)18-38-34(41-31)40-29-13-12-25(17-37-29)43(4)19-22-8-10-23(11-9-22)33(45)42-47-30-7-5-6-14-46-30/h8-13,15-18,20,30H,5-7,14,19H2,1-4H3,(H,42,45)(H,37,38,40,41). The van der Waals surface area contributed by atoms with Gasteiger partial charge in [0.25, 0.3) is 5.91 Å². The molecule has 47 heavy (non-hydrogen) atoms. The van der Waals surface area contributed by atoms with Crippen molar-refractivity contribution in [2.45, 2.75) is 58.9 Å². The van der Waals surface area contributed by atoms with Crippen LogP contribution in [0, 0.1) is 18.6 Å². The third-order valence-electron chi connectivity index (χ3n) is 7.94. The van der Waals surface area contributed by atoms with Gasteiger partial charge in [0.15, 0.2) is 17.9 Å². The summed E-state index contributed by atoms with van der Waals surface area (Å²) in [5.74, 6) is -0.319. The molecule has 2 aromatic carbocycles. The van der Waals surface area contributed by atoms with Gasteiger partial charge in [0.2, 0.25) is 5.95 Å². The number of hydrogen-bond donors (Lipinski definition) is 2. The van der Waals surface area contributed by atoms with Gasteiger partial charge in [-0.1, -0.05) is 12.1 Å². The van der Waals surface area contributed by atoms with Crippen molar-refractivity contribution in [3.8, 4) is 11.3 Å². The van der Waals surface area contributed by atoms with Crippen LogP contribution in [0.25, 0.3) is 22.3 Å². The first-order valence-corrected chi connectivity index (χ1v) is 15.5. The van der Waals surface area contributed by atoms with E-state index >= 15 is 4.39 Å². The SMILES string of the molecule is Cc1nc2c(F)cc(-c3nc(Nc4ccc(N(C)Cc5ccc(C(=O)NOC6CCCCO6)cc5)cn4)ncc3F)cc2n1C(C)C. The van der Waals surface area contributed by atoms with Gasteiger partial charge in [-0.25, -0.2) is 39.0 Å². The first-order chi connectivity index (χ1) is 22.7. The van der Waals surface area contributed by atoms with Gasteiger partial charge in [-0.15, -0.1) is 0 Å². The Morgan fingerprint density at radius 2 is 1.87 bits per heavy atom. The third-order valence-corrected chi connectivity index (χ3v) is 7.94. The molecule has 0 saturated carbocycles. The number of nitrogens with one attached hydrogen (secondary N) is 2. The van der Waals surface area contributed by atoms with E-state index in [9.17, 15) is 9.18 Å². The molecule has 0 aliphatic carbocycles. The minimum atomic E-state index is -0.678. The maximum absolute atomic E-state index is 15.1. The molecule has 244 valence electrons. The molecule has 6 rings (SSSR count). The molecule has 1 fully saturated rings. The van der Waals surface area contributed by atoms with Crippen LogP contribution in [0.5, 0.6) is 0 Å². The number of aromatic nitrogens is 5. The highest BCUT2D eigenvalue weighted by Crippen LogP contribution is 2.30. The Morgan fingerprint density at radius 3 is 2.57 bits per heavy atom. The number of hydrogen-bond acceptors (Lipinski definition) is 9. The summed E-state index contributed by atoms with van der Waals surface area (Å²) in [6.45, 7) is 6.98. The van der Waals surface area contributed by atoms with Crippen molar-refractivity contribution in [2.24, 2.45) is 0 Å². The molecule has 3 aromatic heterocycles. The summed E-state index contributed by atoms with van der Waals surface area (Å²) in [5, 5.41) is 3.00. The van der Waals surface area contributed by atoms with Crippen LogP contribution in [-0.2, 0) is 16.1 Å². The van der Waals surface area contributed by atoms with E-state index in [1.165, 1.54) is 6.07 Å². The molecule has 0 bridgehead atoms. The lowest BCUT2D eigenvalue weighted by Gasteiger charge is -2.22.